The molecule has 0 atom stereocenters. The van der Waals surface area contributed by atoms with Gasteiger partial charge in [-0.05, 0) is 13.1 Å². The van der Waals surface area contributed by atoms with Gasteiger partial charge in [-0.3, -0.25) is 4.79 Å². The van der Waals surface area contributed by atoms with Gasteiger partial charge in [-0.25, -0.2) is 15.0 Å². The number of rotatable bonds is 4. The lowest BCUT2D eigenvalue weighted by Gasteiger charge is -2.32. The zero-order chi connectivity index (χ0) is 16.9. The maximum absolute atomic E-state index is 12.2. The predicted molar refractivity (Wildman–Crippen MR) is 90.5 cm³/mol. The molecule has 1 saturated heterocycles. The number of anilines is 2. The lowest BCUT2D eigenvalue weighted by Crippen LogP contribution is -2.45. The molecule has 0 aromatic carbocycles. The Morgan fingerprint density at radius 1 is 1.08 bits per heavy atom. The molecule has 1 N–H and O–H groups in total. The lowest BCUT2D eigenvalue weighted by molar-refractivity contribution is 0.102. The van der Waals surface area contributed by atoms with Crippen molar-refractivity contribution in [3.05, 3.63) is 36.3 Å². The van der Waals surface area contributed by atoms with Gasteiger partial charge in [-0.1, -0.05) is 0 Å². The number of pyridine rings is 1. The fourth-order valence-corrected chi connectivity index (χ4v) is 2.39. The van der Waals surface area contributed by atoms with Gasteiger partial charge in [0.2, 0.25) is 11.8 Å². The minimum atomic E-state index is -0.263. The Labute approximate surface area is 140 Å². The van der Waals surface area contributed by atoms with Gasteiger partial charge < -0.3 is 19.9 Å². The molecule has 0 radical (unpaired) electrons. The minimum Gasteiger partial charge on any atom is -0.481 e. The molecule has 1 amide bonds. The number of carbonyl (C=O) groups is 1. The molecule has 8 nitrogen and oxygen atoms in total. The first-order valence-electron chi connectivity index (χ1n) is 7.72. The quantitative estimate of drug-likeness (QED) is 0.892. The van der Waals surface area contributed by atoms with Crippen LogP contribution in [0.5, 0.6) is 5.88 Å². The van der Waals surface area contributed by atoms with Crippen LogP contribution >= 0.6 is 0 Å². The number of hydrogen-bond acceptors (Lipinski definition) is 7. The van der Waals surface area contributed by atoms with Crippen LogP contribution in [0.2, 0.25) is 0 Å². The summed E-state index contributed by atoms with van der Waals surface area (Å²) in [5.74, 6) is 0.889. The lowest BCUT2D eigenvalue weighted by atomic mass is 10.2. The molecule has 8 heteroatoms. The largest absolute Gasteiger partial charge is 0.481 e. The minimum absolute atomic E-state index is 0.263. The number of hydrogen-bond donors (Lipinski definition) is 1. The molecule has 24 heavy (non-hydrogen) atoms. The molecule has 0 unspecified atom stereocenters. The molecule has 1 aliphatic heterocycles. The van der Waals surface area contributed by atoms with Gasteiger partial charge >= 0.3 is 0 Å². The Bertz CT molecular complexity index is 681. The summed E-state index contributed by atoms with van der Waals surface area (Å²) in [6, 6.07) is 3.29. The molecule has 3 rings (SSSR count). The Morgan fingerprint density at radius 3 is 2.38 bits per heavy atom. The third kappa shape index (κ3) is 3.77. The van der Waals surface area contributed by atoms with Crippen LogP contribution in [0.25, 0.3) is 0 Å². The van der Waals surface area contributed by atoms with Gasteiger partial charge in [0.05, 0.1) is 30.8 Å². The standard InChI is InChI=1S/C16H20N6O2/c1-21-5-7-22(8-6-21)16-18-10-13(11-19-16)20-15(23)12-3-4-14(24-2)17-9-12/h3-4,9-11H,5-8H2,1-2H3,(H,20,23). The first-order chi connectivity index (χ1) is 11.7. The third-order valence-corrected chi connectivity index (χ3v) is 3.89. The fourth-order valence-electron chi connectivity index (χ4n) is 2.39. The van der Waals surface area contributed by atoms with Crippen LogP contribution in [0.4, 0.5) is 11.6 Å². The van der Waals surface area contributed by atoms with Gasteiger partial charge in [-0.2, -0.15) is 0 Å². The molecule has 3 heterocycles. The highest BCUT2D eigenvalue weighted by Crippen LogP contribution is 2.14. The van der Waals surface area contributed by atoms with Crippen LogP contribution in [-0.4, -0.2) is 66.1 Å². The fraction of sp³-hybridized carbons (Fsp3) is 0.375. The number of methoxy groups -OCH3 is 1. The summed E-state index contributed by atoms with van der Waals surface area (Å²) in [6.07, 6.45) is 4.71. The van der Waals surface area contributed by atoms with E-state index < -0.39 is 0 Å². The molecule has 0 spiro atoms. The van der Waals surface area contributed by atoms with Crippen molar-refractivity contribution < 1.29 is 9.53 Å². The first-order valence-corrected chi connectivity index (χ1v) is 7.72. The first kappa shape index (κ1) is 16.1. The molecule has 126 valence electrons. The van der Waals surface area contributed by atoms with E-state index in [0.717, 1.165) is 26.2 Å². The van der Waals surface area contributed by atoms with E-state index in [1.54, 1.807) is 24.5 Å². The maximum Gasteiger partial charge on any atom is 0.257 e. The van der Waals surface area contributed by atoms with E-state index in [1.165, 1.54) is 13.3 Å². The molecule has 0 aliphatic carbocycles. The average molecular weight is 328 g/mol. The Kier molecular flexibility index (Phi) is 4.85. The molecular weight excluding hydrogens is 308 g/mol. The Hall–Kier alpha value is -2.74. The van der Waals surface area contributed by atoms with Crippen LogP contribution in [0.15, 0.2) is 30.7 Å². The summed E-state index contributed by atoms with van der Waals surface area (Å²) in [5, 5.41) is 2.76. The van der Waals surface area contributed by atoms with E-state index in [9.17, 15) is 4.79 Å². The van der Waals surface area contributed by atoms with Gasteiger partial charge in [0.1, 0.15) is 0 Å². The van der Waals surface area contributed by atoms with Gasteiger partial charge in [-0.15, -0.1) is 0 Å². The van der Waals surface area contributed by atoms with Gasteiger partial charge in [0, 0.05) is 38.4 Å². The summed E-state index contributed by atoms with van der Waals surface area (Å²) < 4.78 is 4.97. The van der Waals surface area contributed by atoms with Crippen molar-refractivity contribution in [1.82, 2.24) is 19.9 Å². The molecular formula is C16H20N6O2. The van der Waals surface area contributed by atoms with E-state index in [-0.39, 0.29) is 5.91 Å². The van der Waals surface area contributed by atoms with Crippen LogP contribution in [0.1, 0.15) is 10.4 Å². The normalized spacial score (nSPS) is 15.2. The van der Waals surface area contributed by atoms with Crippen molar-refractivity contribution in [2.24, 2.45) is 0 Å². The summed E-state index contributed by atoms with van der Waals surface area (Å²) in [5.41, 5.74) is 0.993. The Balaban J connectivity index is 1.62. The molecule has 0 saturated carbocycles. The van der Waals surface area contributed by atoms with Crippen molar-refractivity contribution in [3.8, 4) is 5.88 Å². The molecule has 1 fully saturated rings. The topological polar surface area (TPSA) is 83.5 Å². The van der Waals surface area contributed by atoms with Crippen molar-refractivity contribution >= 4 is 17.5 Å². The van der Waals surface area contributed by atoms with Crippen LogP contribution in [-0.2, 0) is 0 Å². The number of nitrogens with one attached hydrogen (secondary N) is 1. The van der Waals surface area contributed by atoms with Gasteiger partial charge in [0.25, 0.3) is 5.91 Å². The van der Waals surface area contributed by atoms with Crippen molar-refractivity contribution in [2.75, 3.05) is 50.6 Å². The third-order valence-electron chi connectivity index (χ3n) is 3.89. The second-order valence-corrected chi connectivity index (χ2v) is 5.61. The second-order valence-electron chi connectivity index (χ2n) is 5.61. The summed E-state index contributed by atoms with van der Waals surface area (Å²) in [4.78, 5) is 29.3. The van der Waals surface area contributed by atoms with E-state index in [1.807, 2.05) is 0 Å². The number of amides is 1. The van der Waals surface area contributed by atoms with Crippen LogP contribution < -0.4 is 15.0 Å². The highest BCUT2D eigenvalue weighted by molar-refractivity contribution is 6.03. The number of piperazine rings is 1. The summed E-state index contributed by atoms with van der Waals surface area (Å²) in [6.45, 7) is 3.79. The average Bonchev–Trinajstić information content (AvgIpc) is 2.63. The number of carbonyl (C=O) groups excluding carboxylic acids is 1. The van der Waals surface area contributed by atoms with Crippen molar-refractivity contribution in [1.29, 1.82) is 0 Å². The smallest absolute Gasteiger partial charge is 0.257 e. The molecule has 2 aromatic heterocycles. The van der Waals surface area contributed by atoms with E-state index in [4.69, 9.17) is 4.74 Å². The zero-order valence-electron chi connectivity index (χ0n) is 13.8. The van der Waals surface area contributed by atoms with Crippen LogP contribution in [0, 0.1) is 0 Å². The highest BCUT2D eigenvalue weighted by atomic mass is 16.5. The summed E-state index contributed by atoms with van der Waals surface area (Å²) >= 11 is 0. The van der Waals surface area contributed by atoms with E-state index in [0.29, 0.717) is 23.1 Å². The van der Waals surface area contributed by atoms with E-state index in [2.05, 4.69) is 37.1 Å². The van der Waals surface area contributed by atoms with Crippen molar-refractivity contribution in [2.45, 2.75) is 0 Å². The van der Waals surface area contributed by atoms with Crippen LogP contribution in [0.3, 0.4) is 0 Å². The SMILES string of the molecule is COc1ccc(C(=O)Nc2cnc(N3CCN(C)CC3)nc2)cn1. The van der Waals surface area contributed by atoms with Crippen molar-refractivity contribution in [3.63, 3.8) is 0 Å². The number of nitrogens with zero attached hydrogens (tertiary/aromatic N) is 5. The Morgan fingerprint density at radius 2 is 1.79 bits per heavy atom. The molecule has 0 bridgehead atoms. The van der Waals surface area contributed by atoms with E-state index >= 15 is 0 Å². The highest BCUT2D eigenvalue weighted by Gasteiger charge is 2.16. The monoisotopic (exact) mass is 328 g/mol. The predicted octanol–water partition coefficient (Wildman–Crippen LogP) is 0.884. The van der Waals surface area contributed by atoms with Gasteiger partial charge in [0.15, 0.2) is 0 Å². The zero-order valence-corrected chi connectivity index (χ0v) is 13.8. The number of ether oxygens (including phenoxy) is 1. The maximum atomic E-state index is 12.2. The molecule has 1 aliphatic rings. The second kappa shape index (κ2) is 7.22. The number of likely N-dealkylation sites (N-methyl/N-ethyl adjacent to an activating group) is 1. The number of aromatic nitrogens is 3. The summed E-state index contributed by atoms with van der Waals surface area (Å²) in [7, 11) is 3.63. The molecule has 2 aromatic rings.